The van der Waals surface area contributed by atoms with Gasteiger partial charge in [-0.05, 0) is 41.8 Å². The molecule has 0 aromatic carbocycles. The molecule has 1 N–H and O–H groups in total. The van der Waals surface area contributed by atoms with E-state index in [-0.39, 0.29) is 5.54 Å². The highest BCUT2D eigenvalue weighted by atomic mass is 32.1. The molecule has 1 unspecified atom stereocenters. The van der Waals surface area contributed by atoms with E-state index in [1.54, 1.807) is 4.88 Å². The van der Waals surface area contributed by atoms with Gasteiger partial charge in [-0.2, -0.15) is 0 Å². The Hall–Kier alpha value is -0.640. The normalized spacial score (nSPS) is 24.3. The van der Waals surface area contributed by atoms with Crippen LogP contribution in [-0.4, -0.2) is 6.54 Å². The van der Waals surface area contributed by atoms with Crippen LogP contribution in [0.5, 0.6) is 0 Å². The molecule has 84 valence electrons. The largest absolute Gasteiger partial charge is 0.307 e. The van der Waals surface area contributed by atoms with E-state index in [4.69, 9.17) is 0 Å². The summed E-state index contributed by atoms with van der Waals surface area (Å²) in [7, 11) is 0. The van der Waals surface area contributed by atoms with Crippen molar-refractivity contribution in [2.45, 2.75) is 25.3 Å². The summed E-state index contributed by atoms with van der Waals surface area (Å²) in [5.74, 6) is 0. The molecule has 3 rings (SSSR count). The minimum atomic E-state index is 0.137. The van der Waals surface area contributed by atoms with E-state index in [1.165, 1.54) is 16.9 Å². The SMILES string of the molecule is CC1(Cc2cccs2)NCCc2sccc21. The molecule has 0 spiro atoms. The van der Waals surface area contributed by atoms with Crippen LogP contribution in [0.1, 0.15) is 22.2 Å². The highest BCUT2D eigenvalue weighted by Gasteiger charge is 2.32. The second kappa shape index (κ2) is 3.99. The van der Waals surface area contributed by atoms with Gasteiger partial charge in [-0.15, -0.1) is 22.7 Å². The second-order valence-electron chi connectivity index (χ2n) is 4.52. The van der Waals surface area contributed by atoms with Gasteiger partial charge >= 0.3 is 0 Å². The number of thiophene rings is 2. The van der Waals surface area contributed by atoms with Crippen LogP contribution in [0.15, 0.2) is 29.0 Å². The lowest BCUT2D eigenvalue weighted by molar-refractivity contribution is 0.350. The van der Waals surface area contributed by atoms with Crippen LogP contribution in [0, 0.1) is 0 Å². The fraction of sp³-hybridized carbons (Fsp3) is 0.385. The van der Waals surface area contributed by atoms with Crippen molar-refractivity contribution in [2.24, 2.45) is 0 Å². The zero-order valence-corrected chi connectivity index (χ0v) is 11.0. The molecule has 1 nitrogen and oxygen atoms in total. The van der Waals surface area contributed by atoms with Crippen molar-refractivity contribution in [3.63, 3.8) is 0 Å². The summed E-state index contributed by atoms with van der Waals surface area (Å²) in [6.07, 6.45) is 2.29. The molecule has 0 radical (unpaired) electrons. The van der Waals surface area contributed by atoms with E-state index in [0.29, 0.717) is 0 Å². The highest BCUT2D eigenvalue weighted by molar-refractivity contribution is 7.10. The Morgan fingerprint density at radius 1 is 1.31 bits per heavy atom. The molecule has 16 heavy (non-hydrogen) atoms. The van der Waals surface area contributed by atoms with Crippen LogP contribution in [0.4, 0.5) is 0 Å². The molecule has 0 saturated heterocycles. The molecule has 2 aromatic heterocycles. The van der Waals surface area contributed by atoms with Gasteiger partial charge < -0.3 is 5.32 Å². The summed E-state index contributed by atoms with van der Waals surface area (Å²) in [5.41, 5.74) is 1.65. The van der Waals surface area contributed by atoms with Crippen LogP contribution < -0.4 is 5.32 Å². The Kier molecular flexibility index (Phi) is 2.62. The van der Waals surface area contributed by atoms with Gasteiger partial charge in [0.2, 0.25) is 0 Å². The van der Waals surface area contributed by atoms with Crippen molar-refractivity contribution >= 4 is 22.7 Å². The summed E-state index contributed by atoms with van der Waals surface area (Å²) in [6, 6.07) is 6.67. The van der Waals surface area contributed by atoms with Gasteiger partial charge in [0.1, 0.15) is 0 Å². The summed E-state index contributed by atoms with van der Waals surface area (Å²) in [6.45, 7) is 3.44. The van der Waals surface area contributed by atoms with Gasteiger partial charge in [0, 0.05) is 28.3 Å². The van der Waals surface area contributed by atoms with Crippen LogP contribution in [0.2, 0.25) is 0 Å². The van der Waals surface area contributed by atoms with Crippen molar-refractivity contribution in [3.8, 4) is 0 Å². The first-order chi connectivity index (χ1) is 7.78. The summed E-state index contributed by atoms with van der Waals surface area (Å²) in [5, 5.41) is 8.08. The first kappa shape index (κ1) is 10.5. The molecule has 2 aromatic rings. The number of hydrogen-bond acceptors (Lipinski definition) is 3. The second-order valence-corrected chi connectivity index (χ2v) is 6.56. The first-order valence-electron chi connectivity index (χ1n) is 5.62. The number of hydrogen-bond donors (Lipinski definition) is 1. The van der Waals surface area contributed by atoms with Gasteiger partial charge in [0.25, 0.3) is 0 Å². The third kappa shape index (κ3) is 1.73. The molecule has 1 aliphatic heterocycles. The van der Waals surface area contributed by atoms with Crippen LogP contribution in [0.25, 0.3) is 0 Å². The maximum absolute atomic E-state index is 3.69. The lowest BCUT2D eigenvalue weighted by atomic mass is 9.85. The van der Waals surface area contributed by atoms with E-state index in [0.717, 1.165) is 13.0 Å². The molecular weight excluding hydrogens is 234 g/mol. The molecule has 3 heteroatoms. The smallest absolute Gasteiger partial charge is 0.0465 e. The average Bonchev–Trinajstić information content (AvgIpc) is 2.88. The molecule has 1 atom stereocenters. The van der Waals surface area contributed by atoms with Crippen LogP contribution in [-0.2, 0) is 18.4 Å². The third-order valence-corrected chi connectivity index (χ3v) is 5.17. The Morgan fingerprint density at radius 3 is 3.06 bits per heavy atom. The maximum atomic E-state index is 3.69. The molecule has 1 aliphatic rings. The molecule has 0 amide bonds. The Balaban J connectivity index is 1.95. The van der Waals surface area contributed by atoms with Crippen molar-refractivity contribution in [1.82, 2.24) is 5.32 Å². The molecule has 0 fully saturated rings. The fourth-order valence-corrected chi connectivity index (χ4v) is 4.36. The standard InChI is InChI=1S/C13H15NS2/c1-13(9-10-3-2-7-15-10)11-5-8-16-12(11)4-6-14-13/h2-3,5,7-8,14H,4,6,9H2,1H3. The Bertz CT molecular complexity index is 472. The van der Waals surface area contributed by atoms with E-state index in [9.17, 15) is 0 Å². The van der Waals surface area contributed by atoms with Crippen LogP contribution >= 0.6 is 22.7 Å². The van der Waals surface area contributed by atoms with Crippen molar-refractivity contribution < 1.29 is 0 Å². The molecular formula is C13H15NS2. The van der Waals surface area contributed by atoms with Gasteiger partial charge in [0.15, 0.2) is 0 Å². The number of rotatable bonds is 2. The zero-order chi connectivity index (χ0) is 11.0. The maximum Gasteiger partial charge on any atom is 0.0465 e. The third-order valence-electron chi connectivity index (χ3n) is 3.31. The molecule has 0 saturated carbocycles. The first-order valence-corrected chi connectivity index (χ1v) is 7.38. The van der Waals surface area contributed by atoms with Gasteiger partial charge in [-0.1, -0.05) is 6.07 Å². The predicted octanol–water partition coefficient (Wildman–Crippen LogP) is 3.41. The van der Waals surface area contributed by atoms with E-state index >= 15 is 0 Å². The summed E-state index contributed by atoms with van der Waals surface area (Å²) in [4.78, 5) is 3.03. The fourth-order valence-electron chi connectivity index (χ4n) is 2.49. The summed E-state index contributed by atoms with van der Waals surface area (Å²) < 4.78 is 0. The minimum absolute atomic E-state index is 0.137. The zero-order valence-electron chi connectivity index (χ0n) is 9.32. The van der Waals surface area contributed by atoms with E-state index < -0.39 is 0 Å². The van der Waals surface area contributed by atoms with E-state index in [1.807, 2.05) is 22.7 Å². The molecule has 0 aliphatic carbocycles. The highest BCUT2D eigenvalue weighted by Crippen LogP contribution is 2.35. The number of nitrogens with one attached hydrogen (secondary N) is 1. The van der Waals surface area contributed by atoms with E-state index in [2.05, 4.69) is 41.2 Å². The topological polar surface area (TPSA) is 12.0 Å². The van der Waals surface area contributed by atoms with Gasteiger partial charge in [0.05, 0.1) is 0 Å². The monoisotopic (exact) mass is 249 g/mol. The lowest BCUT2D eigenvalue weighted by Crippen LogP contribution is -2.45. The van der Waals surface area contributed by atoms with Gasteiger partial charge in [-0.3, -0.25) is 0 Å². The average molecular weight is 249 g/mol. The summed E-state index contributed by atoms with van der Waals surface area (Å²) >= 11 is 3.76. The van der Waals surface area contributed by atoms with Crippen LogP contribution in [0.3, 0.4) is 0 Å². The Morgan fingerprint density at radius 2 is 2.25 bits per heavy atom. The lowest BCUT2D eigenvalue weighted by Gasteiger charge is -2.35. The molecule has 3 heterocycles. The molecule has 0 bridgehead atoms. The van der Waals surface area contributed by atoms with Crippen molar-refractivity contribution in [2.75, 3.05) is 6.54 Å². The number of fused-ring (bicyclic) bond motifs is 1. The van der Waals surface area contributed by atoms with Crippen molar-refractivity contribution in [3.05, 3.63) is 44.3 Å². The predicted molar refractivity (Wildman–Crippen MR) is 71.4 cm³/mol. The Labute approximate surface area is 104 Å². The van der Waals surface area contributed by atoms with Crippen molar-refractivity contribution in [1.29, 1.82) is 0 Å². The quantitative estimate of drug-likeness (QED) is 0.860. The van der Waals surface area contributed by atoms with Gasteiger partial charge in [-0.25, -0.2) is 0 Å². The minimum Gasteiger partial charge on any atom is -0.307 e.